The third kappa shape index (κ3) is 3.14. The fourth-order valence-electron chi connectivity index (χ4n) is 1.65. The van der Waals surface area contributed by atoms with Gasteiger partial charge in [-0.1, -0.05) is 24.6 Å². The van der Waals surface area contributed by atoms with Crippen molar-refractivity contribution in [1.29, 1.82) is 0 Å². The Bertz CT molecular complexity index is 388. The topological polar surface area (TPSA) is 23.5 Å². The van der Waals surface area contributed by atoms with Gasteiger partial charge >= 0.3 is 0 Å². The Morgan fingerprint density at radius 1 is 1.41 bits per heavy atom. The molecule has 1 aromatic rings. The van der Waals surface area contributed by atoms with Crippen molar-refractivity contribution < 1.29 is 5.11 Å². The summed E-state index contributed by atoms with van der Waals surface area (Å²) < 4.78 is 0. The maximum Gasteiger partial charge on any atom is 0.0776 e. The van der Waals surface area contributed by atoms with E-state index in [1.807, 2.05) is 18.2 Å². The van der Waals surface area contributed by atoms with Crippen LogP contribution in [-0.2, 0) is 0 Å². The maximum absolute atomic E-state index is 9.54. The quantitative estimate of drug-likeness (QED) is 0.879. The zero-order valence-corrected chi connectivity index (χ0v) is 12.0. The number of benzene rings is 1. The van der Waals surface area contributed by atoms with E-state index < -0.39 is 6.10 Å². The summed E-state index contributed by atoms with van der Waals surface area (Å²) in [5.41, 5.74) is 1.94. The number of aliphatic hydroxyl groups excluding tert-OH is 1. The minimum atomic E-state index is -0.527. The molecule has 0 aliphatic carbocycles. The van der Waals surface area contributed by atoms with Crippen LogP contribution in [0.25, 0.3) is 0 Å². The zero-order chi connectivity index (χ0) is 13.2. The molecular formula is C14H22ClNO. The summed E-state index contributed by atoms with van der Waals surface area (Å²) in [6.07, 6.45) is 0.528. The van der Waals surface area contributed by atoms with Crippen LogP contribution >= 0.6 is 11.6 Å². The van der Waals surface area contributed by atoms with Crippen LogP contribution in [0.15, 0.2) is 18.2 Å². The van der Waals surface area contributed by atoms with Crippen molar-refractivity contribution in [2.45, 2.75) is 45.8 Å². The summed E-state index contributed by atoms with van der Waals surface area (Å²) in [6, 6.07) is 5.82. The highest BCUT2D eigenvalue weighted by Gasteiger charge is 2.22. The summed E-state index contributed by atoms with van der Waals surface area (Å²) in [4.78, 5) is 2.21. The molecule has 0 saturated heterocycles. The van der Waals surface area contributed by atoms with E-state index >= 15 is 0 Å². The van der Waals surface area contributed by atoms with Gasteiger partial charge in [-0.3, -0.25) is 0 Å². The lowest BCUT2D eigenvalue weighted by Crippen LogP contribution is -2.40. The fourth-order valence-corrected chi connectivity index (χ4v) is 1.98. The second-order valence-corrected chi connectivity index (χ2v) is 5.51. The third-order valence-electron chi connectivity index (χ3n) is 3.59. The van der Waals surface area contributed by atoms with Gasteiger partial charge in [0.15, 0.2) is 0 Å². The van der Waals surface area contributed by atoms with Gasteiger partial charge in [-0.05, 0) is 44.9 Å². The molecule has 0 aliphatic heterocycles. The Labute approximate surface area is 109 Å². The SMILES string of the molecule is CCC(C)(C)N(C)c1ccc(C(C)O)c(Cl)c1. The predicted octanol–water partition coefficient (Wildman–Crippen LogP) is 4.02. The summed E-state index contributed by atoms with van der Waals surface area (Å²) in [6.45, 7) is 8.29. The number of halogens is 1. The van der Waals surface area contributed by atoms with E-state index in [1.165, 1.54) is 0 Å². The minimum absolute atomic E-state index is 0.0929. The zero-order valence-electron chi connectivity index (χ0n) is 11.3. The van der Waals surface area contributed by atoms with Crippen molar-refractivity contribution in [1.82, 2.24) is 0 Å². The van der Waals surface area contributed by atoms with Crippen LogP contribution in [0.5, 0.6) is 0 Å². The van der Waals surface area contributed by atoms with Gasteiger partial charge < -0.3 is 10.0 Å². The Hall–Kier alpha value is -0.730. The molecule has 0 radical (unpaired) electrons. The number of hydrogen-bond acceptors (Lipinski definition) is 2. The van der Waals surface area contributed by atoms with Crippen molar-refractivity contribution in [2.24, 2.45) is 0 Å². The standard InChI is InChI=1S/C14H22ClNO/c1-6-14(3,4)16(5)11-7-8-12(10(2)17)13(15)9-11/h7-10,17H,6H2,1-5H3. The molecule has 3 heteroatoms. The van der Waals surface area contributed by atoms with Crippen LogP contribution in [0, 0.1) is 0 Å². The minimum Gasteiger partial charge on any atom is -0.389 e. The summed E-state index contributed by atoms with van der Waals surface area (Å²) >= 11 is 6.18. The molecule has 0 amide bonds. The van der Waals surface area contributed by atoms with Gasteiger partial charge in [0.2, 0.25) is 0 Å². The van der Waals surface area contributed by atoms with Crippen molar-refractivity contribution in [2.75, 3.05) is 11.9 Å². The highest BCUT2D eigenvalue weighted by Crippen LogP contribution is 2.31. The highest BCUT2D eigenvalue weighted by molar-refractivity contribution is 6.31. The number of hydrogen-bond donors (Lipinski definition) is 1. The van der Waals surface area contributed by atoms with E-state index in [0.29, 0.717) is 5.02 Å². The van der Waals surface area contributed by atoms with Gasteiger partial charge in [0.1, 0.15) is 0 Å². The van der Waals surface area contributed by atoms with Crippen LogP contribution in [0.1, 0.15) is 45.8 Å². The van der Waals surface area contributed by atoms with Gasteiger partial charge in [0.25, 0.3) is 0 Å². The molecule has 2 nitrogen and oxygen atoms in total. The van der Waals surface area contributed by atoms with Crippen molar-refractivity contribution in [3.8, 4) is 0 Å². The van der Waals surface area contributed by atoms with Gasteiger partial charge in [-0.15, -0.1) is 0 Å². The molecule has 96 valence electrons. The third-order valence-corrected chi connectivity index (χ3v) is 3.92. The van der Waals surface area contributed by atoms with Gasteiger partial charge in [0.05, 0.1) is 6.10 Å². The van der Waals surface area contributed by atoms with E-state index in [0.717, 1.165) is 17.7 Å². The highest BCUT2D eigenvalue weighted by atomic mass is 35.5. The molecule has 1 atom stereocenters. The molecule has 0 heterocycles. The van der Waals surface area contributed by atoms with E-state index in [4.69, 9.17) is 11.6 Å². The first-order chi connectivity index (χ1) is 7.79. The summed E-state index contributed by atoms with van der Waals surface area (Å²) in [7, 11) is 2.07. The molecule has 1 unspecified atom stereocenters. The Kier molecular flexibility index (Phi) is 4.45. The monoisotopic (exact) mass is 255 g/mol. The maximum atomic E-state index is 9.54. The molecule has 0 bridgehead atoms. The number of anilines is 1. The number of rotatable bonds is 4. The largest absolute Gasteiger partial charge is 0.389 e. The van der Waals surface area contributed by atoms with Crippen molar-refractivity contribution >= 4 is 17.3 Å². The second-order valence-electron chi connectivity index (χ2n) is 5.11. The lowest BCUT2D eigenvalue weighted by molar-refractivity contribution is 0.199. The van der Waals surface area contributed by atoms with Crippen molar-refractivity contribution in [3.05, 3.63) is 28.8 Å². The molecule has 0 spiro atoms. The molecular weight excluding hydrogens is 234 g/mol. The summed E-state index contributed by atoms with van der Waals surface area (Å²) in [5, 5.41) is 10.2. The normalized spacial score (nSPS) is 13.6. The first kappa shape index (κ1) is 14.3. The first-order valence-electron chi connectivity index (χ1n) is 6.01. The average Bonchev–Trinajstić information content (AvgIpc) is 2.27. The van der Waals surface area contributed by atoms with Gasteiger partial charge in [-0.2, -0.15) is 0 Å². The van der Waals surface area contributed by atoms with Crippen LogP contribution in [0.2, 0.25) is 5.02 Å². The van der Waals surface area contributed by atoms with Crippen molar-refractivity contribution in [3.63, 3.8) is 0 Å². The Balaban J connectivity index is 3.06. The molecule has 0 fully saturated rings. The van der Waals surface area contributed by atoms with Crippen LogP contribution in [0.4, 0.5) is 5.69 Å². The lowest BCUT2D eigenvalue weighted by atomic mass is 9.98. The van der Waals surface area contributed by atoms with E-state index in [-0.39, 0.29) is 5.54 Å². The fraction of sp³-hybridized carbons (Fsp3) is 0.571. The van der Waals surface area contributed by atoms with Crippen LogP contribution in [0.3, 0.4) is 0 Å². The van der Waals surface area contributed by atoms with E-state index in [2.05, 4.69) is 32.7 Å². The smallest absolute Gasteiger partial charge is 0.0776 e. The van der Waals surface area contributed by atoms with Gasteiger partial charge in [0, 0.05) is 23.3 Å². The molecule has 0 aromatic heterocycles. The molecule has 17 heavy (non-hydrogen) atoms. The second kappa shape index (κ2) is 5.28. The van der Waals surface area contributed by atoms with Gasteiger partial charge in [-0.25, -0.2) is 0 Å². The molecule has 1 rings (SSSR count). The van der Waals surface area contributed by atoms with Crippen LogP contribution in [-0.4, -0.2) is 17.7 Å². The first-order valence-corrected chi connectivity index (χ1v) is 6.38. The lowest BCUT2D eigenvalue weighted by Gasteiger charge is -2.37. The molecule has 1 aromatic carbocycles. The van der Waals surface area contributed by atoms with Crippen LogP contribution < -0.4 is 4.90 Å². The molecule has 1 N–H and O–H groups in total. The molecule has 0 aliphatic rings. The predicted molar refractivity (Wildman–Crippen MR) is 74.9 cm³/mol. The average molecular weight is 256 g/mol. The van der Waals surface area contributed by atoms with E-state index in [1.54, 1.807) is 6.92 Å². The number of aliphatic hydroxyl groups is 1. The summed E-state index contributed by atoms with van der Waals surface area (Å²) in [5.74, 6) is 0. The number of nitrogens with zero attached hydrogens (tertiary/aromatic N) is 1. The Morgan fingerprint density at radius 2 is 2.00 bits per heavy atom. The Morgan fingerprint density at radius 3 is 2.41 bits per heavy atom. The molecule has 0 saturated carbocycles. The van der Waals surface area contributed by atoms with E-state index in [9.17, 15) is 5.11 Å².